The summed E-state index contributed by atoms with van der Waals surface area (Å²) in [5.41, 5.74) is 1.07. The maximum Gasteiger partial charge on any atom is 0.338 e. The SMILES string of the molecule is CCOc1ccc(CCNC(=O)Cn2cc(C(=O)O)cn2)cc1OCC. The molecule has 0 spiro atoms. The lowest BCUT2D eigenvalue weighted by atomic mass is 10.1. The predicted molar refractivity (Wildman–Crippen MR) is 94.7 cm³/mol. The summed E-state index contributed by atoms with van der Waals surface area (Å²) in [4.78, 5) is 22.7. The molecule has 8 nitrogen and oxygen atoms in total. The number of ether oxygens (including phenoxy) is 2. The summed E-state index contributed by atoms with van der Waals surface area (Å²) in [5.74, 6) is 0.0873. The van der Waals surface area contributed by atoms with Gasteiger partial charge in [-0.05, 0) is 38.0 Å². The first-order valence-corrected chi connectivity index (χ1v) is 8.44. The number of benzene rings is 1. The average molecular weight is 361 g/mol. The zero-order chi connectivity index (χ0) is 18.9. The fourth-order valence-electron chi connectivity index (χ4n) is 2.36. The summed E-state index contributed by atoms with van der Waals surface area (Å²) in [6.07, 6.45) is 3.17. The molecule has 8 heteroatoms. The Labute approximate surface area is 151 Å². The number of carboxylic acids is 1. The Hall–Kier alpha value is -3.03. The van der Waals surface area contributed by atoms with Crippen LogP contribution in [0.25, 0.3) is 0 Å². The average Bonchev–Trinajstić information content (AvgIpc) is 3.06. The van der Waals surface area contributed by atoms with Crippen LogP contribution >= 0.6 is 0 Å². The van der Waals surface area contributed by atoms with Crippen molar-refractivity contribution < 1.29 is 24.2 Å². The number of rotatable bonds is 10. The minimum Gasteiger partial charge on any atom is -0.490 e. The van der Waals surface area contributed by atoms with E-state index in [4.69, 9.17) is 14.6 Å². The van der Waals surface area contributed by atoms with E-state index in [1.54, 1.807) is 0 Å². The van der Waals surface area contributed by atoms with Crippen LogP contribution in [-0.4, -0.2) is 46.5 Å². The fourth-order valence-corrected chi connectivity index (χ4v) is 2.36. The van der Waals surface area contributed by atoms with Crippen LogP contribution < -0.4 is 14.8 Å². The molecule has 2 aromatic rings. The van der Waals surface area contributed by atoms with Gasteiger partial charge < -0.3 is 19.9 Å². The second kappa shape index (κ2) is 9.45. The molecular weight excluding hydrogens is 338 g/mol. The highest BCUT2D eigenvalue weighted by Gasteiger charge is 2.09. The number of carbonyl (C=O) groups is 2. The van der Waals surface area contributed by atoms with Gasteiger partial charge in [-0.15, -0.1) is 0 Å². The molecule has 0 aliphatic carbocycles. The molecule has 0 bridgehead atoms. The van der Waals surface area contributed by atoms with Gasteiger partial charge in [-0.1, -0.05) is 6.07 Å². The van der Waals surface area contributed by atoms with E-state index in [-0.39, 0.29) is 18.0 Å². The van der Waals surface area contributed by atoms with E-state index in [1.165, 1.54) is 17.1 Å². The first kappa shape index (κ1) is 19.3. The molecule has 1 aromatic carbocycles. The lowest BCUT2D eigenvalue weighted by molar-refractivity contribution is -0.121. The normalized spacial score (nSPS) is 10.4. The van der Waals surface area contributed by atoms with E-state index >= 15 is 0 Å². The first-order valence-electron chi connectivity index (χ1n) is 8.44. The van der Waals surface area contributed by atoms with Crippen LogP contribution in [0.1, 0.15) is 29.8 Å². The van der Waals surface area contributed by atoms with Gasteiger partial charge in [-0.2, -0.15) is 5.10 Å². The van der Waals surface area contributed by atoms with Crippen LogP contribution in [0.3, 0.4) is 0 Å². The summed E-state index contributed by atoms with van der Waals surface area (Å²) in [6.45, 7) is 5.35. The minimum atomic E-state index is -1.07. The predicted octanol–water partition coefficient (Wildman–Crippen LogP) is 1.74. The molecule has 0 saturated heterocycles. The van der Waals surface area contributed by atoms with E-state index in [0.717, 1.165) is 5.56 Å². The smallest absolute Gasteiger partial charge is 0.338 e. The molecule has 26 heavy (non-hydrogen) atoms. The number of carboxylic acid groups (broad SMARTS) is 1. The summed E-state index contributed by atoms with van der Waals surface area (Å²) in [5, 5.41) is 15.5. The first-order chi connectivity index (χ1) is 12.5. The van der Waals surface area contributed by atoms with Crippen molar-refractivity contribution >= 4 is 11.9 Å². The second-order valence-corrected chi connectivity index (χ2v) is 5.48. The molecule has 140 valence electrons. The van der Waals surface area contributed by atoms with Gasteiger partial charge in [0.2, 0.25) is 5.91 Å². The highest BCUT2D eigenvalue weighted by atomic mass is 16.5. The number of nitrogens with zero attached hydrogens (tertiary/aromatic N) is 2. The van der Waals surface area contributed by atoms with Gasteiger partial charge >= 0.3 is 5.97 Å². The molecule has 0 aliphatic rings. The van der Waals surface area contributed by atoms with Gasteiger partial charge in [-0.25, -0.2) is 4.79 Å². The lowest BCUT2D eigenvalue weighted by Crippen LogP contribution is -2.29. The van der Waals surface area contributed by atoms with Crippen molar-refractivity contribution in [2.75, 3.05) is 19.8 Å². The van der Waals surface area contributed by atoms with Gasteiger partial charge in [0.05, 0.1) is 25.0 Å². The molecule has 0 atom stereocenters. The van der Waals surface area contributed by atoms with Crippen LogP contribution in [0, 0.1) is 0 Å². The van der Waals surface area contributed by atoms with E-state index in [2.05, 4.69) is 10.4 Å². The van der Waals surface area contributed by atoms with Gasteiger partial charge in [0.1, 0.15) is 6.54 Å². The zero-order valence-electron chi connectivity index (χ0n) is 14.9. The van der Waals surface area contributed by atoms with Crippen molar-refractivity contribution in [1.29, 1.82) is 0 Å². The number of aromatic carboxylic acids is 1. The van der Waals surface area contributed by atoms with Gasteiger partial charge in [0.25, 0.3) is 0 Å². The fraction of sp³-hybridized carbons (Fsp3) is 0.389. The second-order valence-electron chi connectivity index (χ2n) is 5.48. The third-order valence-corrected chi connectivity index (χ3v) is 3.53. The maximum absolute atomic E-state index is 11.9. The van der Waals surface area contributed by atoms with E-state index in [9.17, 15) is 9.59 Å². The topological polar surface area (TPSA) is 103 Å². The quantitative estimate of drug-likeness (QED) is 0.668. The number of hydrogen-bond donors (Lipinski definition) is 2. The third kappa shape index (κ3) is 5.51. The number of hydrogen-bond acceptors (Lipinski definition) is 5. The van der Waals surface area contributed by atoms with Crippen molar-refractivity contribution in [3.63, 3.8) is 0 Å². The summed E-state index contributed by atoms with van der Waals surface area (Å²) in [6, 6.07) is 5.71. The zero-order valence-corrected chi connectivity index (χ0v) is 14.9. The van der Waals surface area contributed by atoms with Crippen LogP contribution in [0.15, 0.2) is 30.6 Å². The Kier molecular flexibility index (Phi) is 7.02. The van der Waals surface area contributed by atoms with Crippen molar-refractivity contribution in [1.82, 2.24) is 15.1 Å². The maximum atomic E-state index is 11.9. The monoisotopic (exact) mass is 361 g/mol. The van der Waals surface area contributed by atoms with Crippen molar-refractivity contribution in [3.8, 4) is 11.5 Å². The largest absolute Gasteiger partial charge is 0.490 e. The number of carbonyl (C=O) groups excluding carboxylic acids is 1. The molecule has 0 fully saturated rings. The van der Waals surface area contributed by atoms with Crippen molar-refractivity contribution in [2.45, 2.75) is 26.8 Å². The molecule has 0 radical (unpaired) electrons. The van der Waals surface area contributed by atoms with Crippen LogP contribution in [0.2, 0.25) is 0 Å². The summed E-state index contributed by atoms with van der Waals surface area (Å²) >= 11 is 0. The molecular formula is C18H23N3O5. The van der Waals surface area contributed by atoms with Gasteiger partial charge in [-0.3, -0.25) is 9.48 Å². The van der Waals surface area contributed by atoms with Crippen molar-refractivity contribution in [2.24, 2.45) is 0 Å². The van der Waals surface area contributed by atoms with Crippen LogP contribution in [0.4, 0.5) is 0 Å². The number of nitrogens with one attached hydrogen (secondary N) is 1. The molecule has 2 rings (SSSR count). The van der Waals surface area contributed by atoms with Gasteiger partial charge in [0, 0.05) is 12.7 Å². The molecule has 0 aliphatic heterocycles. The van der Waals surface area contributed by atoms with E-state index in [0.29, 0.717) is 37.7 Å². The van der Waals surface area contributed by atoms with E-state index < -0.39 is 5.97 Å². The van der Waals surface area contributed by atoms with Gasteiger partial charge in [0.15, 0.2) is 11.5 Å². The third-order valence-electron chi connectivity index (χ3n) is 3.53. The van der Waals surface area contributed by atoms with Crippen LogP contribution in [-0.2, 0) is 17.8 Å². The summed E-state index contributed by atoms with van der Waals surface area (Å²) in [7, 11) is 0. The molecule has 1 aromatic heterocycles. The highest BCUT2D eigenvalue weighted by molar-refractivity contribution is 5.87. The standard InChI is InChI=1S/C18H23N3O5/c1-3-25-15-6-5-13(9-16(15)26-4-2)7-8-19-17(22)12-21-11-14(10-20-21)18(23)24/h5-6,9-11H,3-4,7-8,12H2,1-2H3,(H,19,22)(H,23,24). The minimum absolute atomic E-state index is 0.0270. The molecule has 2 N–H and O–H groups in total. The van der Waals surface area contributed by atoms with Crippen molar-refractivity contribution in [3.05, 3.63) is 41.7 Å². The summed E-state index contributed by atoms with van der Waals surface area (Å²) < 4.78 is 12.4. The molecule has 0 unspecified atom stereocenters. The Morgan fingerprint density at radius 1 is 1.19 bits per heavy atom. The lowest BCUT2D eigenvalue weighted by Gasteiger charge is -2.12. The Balaban J connectivity index is 1.85. The Morgan fingerprint density at radius 2 is 1.92 bits per heavy atom. The Morgan fingerprint density at radius 3 is 2.58 bits per heavy atom. The van der Waals surface area contributed by atoms with Crippen LogP contribution in [0.5, 0.6) is 11.5 Å². The molecule has 1 amide bonds. The van der Waals surface area contributed by atoms with E-state index in [1.807, 2.05) is 32.0 Å². The number of aromatic nitrogens is 2. The molecule has 0 saturated carbocycles. The number of amides is 1. The molecule has 1 heterocycles. The Bertz CT molecular complexity index is 757. The highest BCUT2D eigenvalue weighted by Crippen LogP contribution is 2.28.